The van der Waals surface area contributed by atoms with Crippen LogP contribution in [0.1, 0.15) is 0 Å². The van der Waals surface area contributed by atoms with Crippen molar-refractivity contribution < 1.29 is 42.6 Å². The van der Waals surface area contributed by atoms with E-state index in [1.807, 2.05) is 0 Å². The normalized spacial score (nSPS) is 2.40. The van der Waals surface area contributed by atoms with Gasteiger partial charge in [0.25, 0.3) is 0 Å². The first-order valence-electron chi connectivity index (χ1n) is 0.428. The molecule has 5 heavy (non-hydrogen) atoms. The van der Waals surface area contributed by atoms with Gasteiger partial charge in [-0.25, -0.2) is 0 Å². The summed E-state index contributed by atoms with van der Waals surface area (Å²) in [6.45, 7) is 0.500. The molecule has 29 valence electrons. The fraction of sp³-hybridized carbons (Fsp3) is 0. The Labute approximate surface area is 62.3 Å². The molecule has 0 aliphatic rings. The molecule has 0 aliphatic carbocycles. The summed E-state index contributed by atoms with van der Waals surface area (Å²) >= 11 is 0. The van der Waals surface area contributed by atoms with E-state index in [0.717, 1.165) is 0 Å². The van der Waals surface area contributed by atoms with Crippen LogP contribution in [0.3, 0.4) is 0 Å². The van der Waals surface area contributed by atoms with Crippen molar-refractivity contribution in [2.24, 2.45) is 0 Å². The first-order chi connectivity index (χ1) is 1.41. The van der Waals surface area contributed by atoms with Crippen molar-refractivity contribution in [1.82, 2.24) is 0 Å². The maximum absolute atomic E-state index is 8.24. The SMILES string of the molecule is O=[C-]O.[SH-].[Y]. The molecule has 1 N–H and O–H groups in total. The van der Waals surface area contributed by atoms with Crippen LogP contribution in [-0.4, -0.2) is 11.6 Å². The molecule has 0 saturated heterocycles. The zero-order valence-electron chi connectivity index (χ0n) is 2.38. The van der Waals surface area contributed by atoms with E-state index in [9.17, 15) is 0 Å². The molecule has 0 aromatic rings. The van der Waals surface area contributed by atoms with Crippen molar-refractivity contribution in [3.05, 3.63) is 0 Å². The van der Waals surface area contributed by atoms with Crippen LogP contribution in [0.4, 0.5) is 0 Å². The van der Waals surface area contributed by atoms with E-state index >= 15 is 0 Å². The molecular weight excluding hydrogens is 165 g/mol. The van der Waals surface area contributed by atoms with Crippen molar-refractivity contribution in [3.8, 4) is 0 Å². The summed E-state index contributed by atoms with van der Waals surface area (Å²) in [7, 11) is 0. The summed E-state index contributed by atoms with van der Waals surface area (Å²) in [4.78, 5) is 8.24. The quantitative estimate of drug-likeness (QED) is 0.295. The van der Waals surface area contributed by atoms with Gasteiger partial charge in [-0.05, 0) is 0 Å². The zero-order chi connectivity index (χ0) is 2.71. The van der Waals surface area contributed by atoms with Gasteiger partial charge in [0.15, 0.2) is 0 Å². The van der Waals surface area contributed by atoms with Gasteiger partial charge in [-0.3, -0.25) is 0 Å². The van der Waals surface area contributed by atoms with E-state index in [1.165, 1.54) is 0 Å². The van der Waals surface area contributed by atoms with E-state index in [-0.39, 0.29) is 46.2 Å². The molecule has 2 nitrogen and oxygen atoms in total. The molecule has 4 heteroatoms. The molecule has 0 saturated carbocycles. The molecule has 0 rings (SSSR count). The summed E-state index contributed by atoms with van der Waals surface area (Å²) in [5, 5.41) is 6.76. The molecule has 0 aromatic carbocycles. The standard InChI is InChI=1S/CHO2.H2S.Y/c2-1-3;;/h(H,2,3);1H2;/q-1;;/p-1. The van der Waals surface area contributed by atoms with Crippen LogP contribution in [0.25, 0.3) is 0 Å². The third-order valence-electron chi connectivity index (χ3n) is 0. The van der Waals surface area contributed by atoms with E-state index in [2.05, 4.69) is 0 Å². The monoisotopic (exact) mass is 167 g/mol. The second-order valence-electron chi connectivity index (χ2n) is 0.0913. The average molecular weight is 167 g/mol. The van der Waals surface area contributed by atoms with E-state index < -0.39 is 0 Å². The Bertz CT molecular complexity index is 17.1. The molecule has 0 bridgehead atoms. The number of thiol groups is 1. The topological polar surface area (TPSA) is 37.3 Å². The zero-order valence-corrected chi connectivity index (χ0v) is 6.11. The second-order valence-corrected chi connectivity index (χ2v) is 0.0913. The number of hydrogen-bond acceptors (Lipinski definition) is 2. The number of rotatable bonds is 0. The number of hydrogen-bond donors (Lipinski definition) is 1. The van der Waals surface area contributed by atoms with Gasteiger partial charge in [-0.15, -0.1) is 0 Å². The Morgan fingerprint density at radius 3 is 1.60 bits per heavy atom. The van der Waals surface area contributed by atoms with Crippen LogP contribution >= 0.6 is 0 Å². The van der Waals surface area contributed by atoms with Crippen molar-refractivity contribution in [2.45, 2.75) is 0 Å². The summed E-state index contributed by atoms with van der Waals surface area (Å²) in [5.41, 5.74) is 0. The summed E-state index contributed by atoms with van der Waals surface area (Å²) in [5.74, 6) is 0. The molecule has 0 aromatic heterocycles. The predicted molar refractivity (Wildman–Crippen MR) is 17.1 cm³/mol. The third-order valence-corrected chi connectivity index (χ3v) is 0. The smallest absolute Gasteiger partial charge is 0 e. The fourth-order valence-corrected chi connectivity index (χ4v) is 0. The van der Waals surface area contributed by atoms with Crippen molar-refractivity contribution in [3.63, 3.8) is 0 Å². The van der Waals surface area contributed by atoms with Crippen molar-refractivity contribution in [2.75, 3.05) is 0 Å². The predicted octanol–water partition coefficient (Wildman–Crippen LogP) is -0.661. The van der Waals surface area contributed by atoms with E-state index in [0.29, 0.717) is 6.47 Å². The van der Waals surface area contributed by atoms with Crippen LogP contribution < -0.4 is 0 Å². The molecule has 0 atom stereocenters. The van der Waals surface area contributed by atoms with Gasteiger partial charge in [0.1, 0.15) is 0 Å². The molecular formula is CH2O2SY-2. The van der Waals surface area contributed by atoms with Gasteiger partial charge in [0, 0.05) is 32.7 Å². The first kappa shape index (κ1) is 16.8. The Kier molecular flexibility index (Phi) is 68.8. The summed E-state index contributed by atoms with van der Waals surface area (Å²) in [6, 6.07) is 0. The second kappa shape index (κ2) is 20.5. The first-order valence-corrected chi connectivity index (χ1v) is 0.428. The Morgan fingerprint density at radius 1 is 1.60 bits per heavy atom. The molecule has 0 fully saturated rings. The van der Waals surface area contributed by atoms with E-state index in [1.54, 1.807) is 0 Å². The molecule has 0 spiro atoms. The molecule has 0 heterocycles. The van der Waals surface area contributed by atoms with Gasteiger partial charge >= 0.3 is 0 Å². The van der Waals surface area contributed by atoms with Crippen molar-refractivity contribution in [1.29, 1.82) is 0 Å². The maximum atomic E-state index is 8.24. The Hall–Kier alpha value is 0.924. The Balaban J connectivity index is -0.0000000200. The van der Waals surface area contributed by atoms with Crippen molar-refractivity contribution >= 4 is 20.0 Å². The molecule has 0 amide bonds. The summed E-state index contributed by atoms with van der Waals surface area (Å²) < 4.78 is 0. The van der Waals surface area contributed by atoms with Gasteiger partial charge < -0.3 is 23.4 Å². The molecule has 0 unspecified atom stereocenters. The number of aliphatic hydroxyl groups excluding tert-OH is 1. The third kappa shape index (κ3) is 49.3. The summed E-state index contributed by atoms with van der Waals surface area (Å²) in [6.07, 6.45) is 0. The Morgan fingerprint density at radius 2 is 1.60 bits per heavy atom. The van der Waals surface area contributed by atoms with Gasteiger partial charge in [-0.2, -0.15) is 0 Å². The minimum Gasteiger partial charge on any atom is -0.813 e. The average Bonchev–Trinajstić information content (AvgIpc) is 0.918. The minimum absolute atomic E-state index is 0. The van der Waals surface area contributed by atoms with Crippen LogP contribution in [0.2, 0.25) is 0 Å². The van der Waals surface area contributed by atoms with Gasteiger partial charge in [-0.1, -0.05) is 6.47 Å². The van der Waals surface area contributed by atoms with E-state index in [4.69, 9.17) is 9.90 Å². The largest absolute Gasteiger partial charge is 0.813 e. The molecule has 0 aliphatic heterocycles. The van der Waals surface area contributed by atoms with Crippen LogP contribution in [-0.2, 0) is 51.0 Å². The van der Waals surface area contributed by atoms with Crippen LogP contribution in [0.15, 0.2) is 0 Å². The maximum Gasteiger partial charge on any atom is 0 e. The molecule has 1 radical (unpaired) electrons. The van der Waals surface area contributed by atoms with Gasteiger partial charge in [0.05, 0.1) is 0 Å². The fourth-order valence-electron chi connectivity index (χ4n) is 0. The van der Waals surface area contributed by atoms with Crippen LogP contribution in [0.5, 0.6) is 0 Å². The van der Waals surface area contributed by atoms with Crippen LogP contribution in [0, 0.1) is 0 Å². The van der Waals surface area contributed by atoms with Gasteiger partial charge in [0.2, 0.25) is 0 Å². The minimum atomic E-state index is 0.